The summed E-state index contributed by atoms with van der Waals surface area (Å²) in [5, 5.41) is 2.89. The van der Waals surface area contributed by atoms with E-state index in [-0.39, 0.29) is 18.4 Å². The van der Waals surface area contributed by atoms with Crippen LogP contribution in [-0.2, 0) is 28.9 Å². The molecule has 1 atom stereocenters. The average molecular weight is 375 g/mol. The Morgan fingerprint density at radius 3 is 2.50 bits per heavy atom. The maximum atomic E-state index is 13.2. The molecule has 0 saturated carbocycles. The Morgan fingerprint density at radius 1 is 0.964 bits per heavy atom. The van der Waals surface area contributed by atoms with Crippen LogP contribution in [0.15, 0.2) is 48.5 Å². The van der Waals surface area contributed by atoms with E-state index in [4.69, 9.17) is 0 Å². The minimum Gasteiger partial charge on any atom is -0.323 e. The van der Waals surface area contributed by atoms with E-state index in [0.29, 0.717) is 19.4 Å². The van der Waals surface area contributed by atoms with Crippen LogP contribution < -0.4 is 10.2 Å². The second-order valence-corrected chi connectivity index (χ2v) is 7.77. The topological polar surface area (TPSA) is 69.7 Å². The van der Waals surface area contributed by atoms with Crippen molar-refractivity contribution in [2.24, 2.45) is 0 Å². The highest BCUT2D eigenvalue weighted by Crippen LogP contribution is 2.34. The van der Waals surface area contributed by atoms with Crippen LogP contribution in [0.5, 0.6) is 0 Å². The molecule has 4 amide bonds. The number of aryl methyl sites for hydroxylation is 1. The van der Waals surface area contributed by atoms with Crippen LogP contribution in [0.3, 0.4) is 0 Å². The smallest absolute Gasteiger partial charge is 0.323 e. The zero-order chi connectivity index (χ0) is 19.3. The molecule has 2 aromatic rings. The van der Waals surface area contributed by atoms with Gasteiger partial charge in [-0.15, -0.1) is 0 Å². The molecular formula is C22H21N3O3. The quantitative estimate of drug-likeness (QED) is 0.817. The Morgan fingerprint density at radius 2 is 1.68 bits per heavy atom. The number of carbonyl (C=O) groups is 3. The lowest BCUT2D eigenvalue weighted by atomic mass is 9.78. The van der Waals surface area contributed by atoms with Crippen molar-refractivity contribution in [3.63, 3.8) is 0 Å². The number of hydrogen-bond acceptors (Lipinski definition) is 3. The van der Waals surface area contributed by atoms with Crippen molar-refractivity contribution in [2.45, 2.75) is 31.2 Å². The van der Waals surface area contributed by atoms with Crippen LogP contribution in [0.4, 0.5) is 10.5 Å². The van der Waals surface area contributed by atoms with Crippen molar-refractivity contribution >= 4 is 23.5 Å². The summed E-state index contributed by atoms with van der Waals surface area (Å²) in [6.07, 6.45) is 2.57. The van der Waals surface area contributed by atoms with Gasteiger partial charge in [0.05, 0.1) is 0 Å². The second-order valence-electron chi connectivity index (χ2n) is 7.77. The maximum absolute atomic E-state index is 13.2. The van der Waals surface area contributed by atoms with E-state index in [1.165, 1.54) is 5.56 Å². The number of nitrogens with zero attached hydrogens (tertiary/aromatic N) is 2. The molecule has 0 aromatic heterocycles. The molecular weight excluding hydrogens is 354 g/mol. The summed E-state index contributed by atoms with van der Waals surface area (Å²) in [5.41, 5.74) is 3.38. The summed E-state index contributed by atoms with van der Waals surface area (Å²) in [7, 11) is 0. The van der Waals surface area contributed by atoms with Gasteiger partial charge in [0.25, 0.3) is 5.91 Å². The predicted molar refractivity (Wildman–Crippen MR) is 104 cm³/mol. The molecule has 0 radical (unpaired) electrons. The predicted octanol–water partition coefficient (Wildman–Crippen LogP) is 2.06. The zero-order valence-corrected chi connectivity index (χ0v) is 15.5. The van der Waals surface area contributed by atoms with E-state index < -0.39 is 11.6 Å². The summed E-state index contributed by atoms with van der Waals surface area (Å²) in [5.74, 6) is -0.505. The summed E-state index contributed by atoms with van der Waals surface area (Å²) in [4.78, 5) is 41.4. The van der Waals surface area contributed by atoms with Gasteiger partial charge in [-0.1, -0.05) is 42.5 Å². The van der Waals surface area contributed by atoms with Crippen molar-refractivity contribution < 1.29 is 14.4 Å². The van der Waals surface area contributed by atoms with Crippen LogP contribution in [0.2, 0.25) is 0 Å². The first-order valence-corrected chi connectivity index (χ1v) is 9.67. The van der Waals surface area contributed by atoms with Gasteiger partial charge in [0.2, 0.25) is 5.91 Å². The Bertz CT molecular complexity index is 1000. The van der Waals surface area contributed by atoms with Crippen LogP contribution in [0.1, 0.15) is 23.1 Å². The van der Waals surface area contributed by atoms with Crippen molar-refractivity contribution in [1.29, 1.82) is 0 Å². The third-order valence-electron chi connectivity index (χ3n) is 6.16. The van der Waals surface area contributed by atoms with Gasteiger partial charge in [-0.3, -0.25) is 14.5 Å². The third kappa shape index (κ3) is 2.52. The first kappa shape index (κ1) is 17.0. The van der Waals surface area contributed by atoms with Gasteiger partial charge in [0, 0.05) is 18.7 Å². The number of imide groups is 1. The minimum absolute atomic E-state index is 0.220. The number of nitrogens with one attached hydrogen (secondary N) is 1. The van der Waals surface area contributed by atoms with Crippen LogP contribution in [0.25, 0.3) is 0 Å². The molecule has 3 aliphatic rings. The number of benzene rings is 2. The SMILES string of the molecule is O=C1N[C@@]2(CCc3ccccc3C2)C(=O)N1CC(=O)N1CCc2ccccc21. The Hall–Kier alpha value is -3.15. The fraction of sp³-hybridized carbons (Fsp3) is 0.318. The van der Waals surface area contributed by atoms with E-state index in [2.05, 4.69) is 11.4 Å². The van der Waals surface area contributed by atoms with Gasteiger partial charge in [-0.25, -0.2) is 4.79 Å². The van der Waals surface area contributed by atoms with E-state index in [1.807, 2.05) is 42.5 Å². The number of anilines is 1. The van der Waals surface area contributed by atoms with Gasteiger partial charge in [-0.2, -0.15) is 0 Å². The number of hydrogen-bond donors (Lipinski definition) is 1. The molecule has 2 heterocycles. The van der Waals surface area contributed by atoms with Crippen molar-refractivity contribution in [2.75, 3.05) is 18.0 Å². The number of urea groups is 1. The number of carbonyl (C=O) groups excluding carboxylic acids is 3. The Balaban J connectivity index is 1.36. The van der Waals surface area contributed by atoms with Gasteiger partial charge in [-0.05, 0) is 42.0 Å². The van der Waals surface area contributed by atoms with Gasteiger partial charge < -0.3 is 10.2 Å². The molecule has 2 aliphatic heterocycles. The first-order chi connectivity index (χ1) is 13.6. The molecule has 6 heteroatoms. The molecule has 1 aliphatic carbocycles. The van der Waals surface area contributed by atoms with Crippen LogP contribution in [0, 0.1) is 0 Å². The fourth-order valence-corrected chi connectivity index (χ4v) is 4.66. The van der Waals surface area contributed by atoms with E-state index in [9.17, 15) is 14.4 Å². The first-order valence-electron chi connectivity index (χ1n) is 9.67. The molecule has 0 bridgehead atoms. The highest BCUT2D eigenvalue weighted by atomic mass is 16.2. The summed E-state index contributed by atoms with van der Waals surface area (Å²) < 4.78 is 0. The lowest BCUT2D eigenvalue weighted by molar-refractivity contribution is -0.134. The standard InChI is InChI=1S/C22H21N3O3/c26-19(24-12-10-16-6-3-4-8-18(16)24)14-25-20(27)22(23-21(25)28)11-9-15-5-1-2-7-17(15)13-22/h1-8H,9-14H2,(H,23,28)/t22-/m1/s1. The molecule has 2 aromatic carbocycles. The van der Waals surface area contributed by atoms with Crippen molar-refractivity contribution in [1.82, 2.24) is 10.2 Å². The number of fused-ring (bicyclic) bond motifs is 2. The van der Waals surface area contributed by atoms with Gasteiger partial charge in [0.1, 0.15) is 12.1 Å². The number of amides is 4. The molecule has 6 nitrogen and oxygen atoms in total. The van der Waals surface area contributed by atoms with Crippen LogP contribution in [-0.4, -0.2) is 41.4 Å². The second kappa shape index (κ2) is 6.19. The van der Waals surface area contributed by atoms with Crippen molar-refractivity contribution in [3.8, 4) is 0 Å². The highest BCUT2D eigenvalue weighted by Gasteiger charge is 2.52. The molecule has 28 heavy (non-hydrogen) atoms. The molecule has 1 spiro atoms. The molecule has 142 valence electrons. The molecule has 1 saturated heterocycles. The molecule has 1 fully saturated rings. The van der Waals surface area contributed by atoms with Crippen molar-refractivity contribution in [3.05, 3.63) is 65.2 Å². The van der Waals surface area contributed by atoms with E-state index in [1.54, 1.807) is 4.90 Å². The number of rotatable bonds is 2. The lowest BCUT2D eigenvalue weighted by Gasteiger charge is -2.32. The Labute approximate surface area is 163 Å². The minimum atomic E-state index is -0.922. The fourth-order valence-electron chi connectivity index (χ4n) is 4.66. The average Bonchev–Trinajstić information content (AvgIpc) is 3.23. The molecule has 0 unspecified atom stereocenters. The Kier molecular flexibility index (Phi) is 3.75. The highest BCUT2D eigenvalue weighted by molar-refractivity contribution is 6.11. The summed E-state index contributed by atoms with van der Waals surface area (Å²) >= 11 is 0. The van der Waals surface area contributed by atoms with E-state index in [0.717, 1.165) is 34.6 Å². The molecule has 1 N–H and O–H groups in total. The third-order valence-corrected chi connectivity index (χ3v) is 6.16. The van der Waals surface area contributed by atoms with Gasteiger partial charge >= 0.3 is 6.03 Å². The lowest BCUT2D eigenvalue weighted by Crippen LogP contribution is -2.51. The molecule has 5 rings (SSSR count). The monoisotopic (exact) mass is 375 g/mol. The largest absolute Gasteiger partial charge is 0.325 e. The normalized spacial score (nSPS) is 23.0. The van der Waals surface area contributed by atoms with Gasteiger partial charge in [0.15, 0.2) is 0 Å². The summed E-state index contributed by atoms with van der Waals surface area (Å²) in [6, 6.07) is 15.3. The number of para-hydroxylation sites is 1. The zero-order valence-electron chi connectivity index (χ0n) is 15.5. The maximum Gasteiger partial charge on any atom is 0.325 e. The summed E-state index contributed by atoms with van der Waals surface area (Å²) in [6.45, 7) is 0.364. The van der Waals surface area contributed by atoms with E-state index >= 15 is 0 Å². The van der Waals surface area contributed by atoms with Crippen LogP contribution >= 0.6 is 0 Å².